The van der Waals surface area contributed by atoms with Crippen molar-refractivity contribution in [1.82, 2.24) is 10.2 Å². The van der Waals surface area contributed by atoms with Crippen LogP contribution in [-0.4, -0.2) is 29.8 Å². The summed E-state index contributed by atoms with van der Waals surface area (Å²) in [5.74, 6) is -0.121. The highest BCUT2D eigenvalue weighted by Gasteiger charge is 2.35. The molecule has 1 aliphatic carbocycles. The first kappa shape index (κ1) is 17.8. The Morgan fingerprint density at radius 2 is 1.85 bits per heavy atom. The van der Waals surface area contributed by atoms with E-state index in [0.717, 1.165) is 25.7 Å². The van der Waals surface area contributed by atoms with Crippen molar-refractivity contribution >= 4 is 11.8 Å². The van der Waals surface area contributed by atoms with Gasteiger partial charge in [-0.25, -0.2) is 0 Å². The average molecular weight is 362 g/mol. The molecule has 1 N–H and O–H groups in total. The molecule has 2 amide bonds. The smallest absolute Gasteiger partial charge is 0.225 e. The summed E-state index contributed by atoms with van der Waals surface area (Å²) in [6, 6.07) is 18.6. The van der Waals surface area contributed by atoms with Crippen molar-refractivity contribution in [1.29, 1.82) is 0 Å². The fraction of sp³-hybridized carbons (Fsp3) is 0.391. The SMILES string of the molecule is O=C(N[C@H]1CCCc2ccccc21)[C@@H]1CC(=O)N(CCc2ccccc2)C1. The van der Waals surface area contributed by atoms with Gasteiger partial charge in [-0.1, -0.05) is 54.6 Å². The van der Waals surface area contributed by atoms with E-state index in [-0.39, 0.29) is 23.8 Å². The van der Waals surface area contributed by atoms with Gasteiger partial charge in [0.1, 0.15) is 0 Å². The number of hydrogen-bond acceptors (Lipinski definition) is 2. The Morgan fingerprint density at radius 1 is 1.07 bits per heavy atom. The summed E-state index contributed by atoms with van der Waals surface area (Å²) in [4.78, 5) is 27.0. The molecular weight excluding hydrogens is 336 g/mol. The predicted molar refractivity (Wildman–Crippen MR) is 105 cm³/mol. The van der Waals surface area contributed by atoms with Crippen molar-refractivity contribution in [2.45, 2.75) is 38.1 Å². The van der Waals surface area contributed by atoms with Gasteiger partial charge in [0.25, 0.3) is 0 Å². The first-order valence-corrected chi connectivity index (χ1v) is 9.90. The van der Waals surface area contributed by atoms with Crippen LogP contribution in [0.2, 0.25) is 0 Å². The molecule has 1 fully saturated rings. The Bertz CT molecular complexity index is 818. The molecule has 0 unspecified atom stereocenters. The summed E-state index contributed by atoms with van der Waals surface area (Å²) < 4.78 is 0. The van der Waals surface area contributed by atoms with Crippen LogP contribution in [0.25, 0.3) is 0 Å². The van der Waals surface area contributed by atoms with Crippen molar-refractivity contribution in [2.75, 3.05) is 13.1 Å². The lowest BCUT2D eigenvalue weighted by molar-refractivity contribution is -0.129. The number of amides is 2. The van der Waals surface area contributed by atoms with Gasteiger partial charge in [0, 0.05) is 19.5 Å². The third-order valence-electron chi connectivity index (χ3n) is 5.78. The molecule has 1 aliphatic heterocycles. The van der Waals surface area contributed by atoms with Crippen molar-refractivity contribution in [3.8, 4) is 0 Å². The van der Waals surface area contributed by atoms with Gasteiger partial charge in [0.2, 0.25) is 11.8 Å². The molecule has 2 aromatic rings. The van der Waals surface area contributed by atoms with E-state index in [2.05, 4.69) is 35.6 Å². The summed E-state index contributed by atoms with van der Waals surface area (Å²) in [7, 11) is 0. The molecule has 0 radical (unpaired) electrons. The van der Waals surface area contributed by atoms with Crippen LogP contribution < -0.4 is 5.32 Å². The van der Waals surface area contributed by atoms with Gasteiger partial charge in [-0.3, -0.25) is 9.59 Å². The summed E-state index contributed by atoms with van der Waals surface area (Å²) in [6.07, 6.45) is 4.31. The number of carbonyl (C=O) groups is 2. The summed E-state index contributed by atoms with van der Waals surface area (Å²) in [5.41, 5.74) is 3.79. The van der Waals surface area contributed by atoms with E-state index < -0.39 is 0 Å². The van der Waals surface area contributed by atoms with Crippen LogP contribution in [0, 0.1) is 5.92 Å². The minimum absolute atomic E-state index is 0.0206. The molecule has 4 rings (SSSR count). The second-order valence-corrected chi connectivity index (χ2v) is 7.63. The molecule has 0 saturated carbocycles. The zero-order chi connectivity index (χ0) is 18.6. The molecule has 0 aromatic heterocycles. The second-order valence-electron chi connectivity index (χ2n) is 7.63. The Labute approximate surface area is 160 Å². The summed E-state index contributed by atoms with van der Waals surface area (Å²) >= 11 is 0. The Balaban J connectivity index is 1.34. The highest BCUT2D eigenvalue weighted by molar-refractivity contribution is 5.89. The highest BCUT2D eigenvalue weighted by Crippen LogP contribution is 2.30. The molecule has 0 bridgehead atoms. The van der Waals surface area contributed by atoms with Gasteiger partial charge in [0.15, 0.2) is 0 Å². The summed E-state index contributed by atoms with van der Waals surface area (Å²) in [5, 5.41) is 3.21. The molecule has 4 nitrogen and oxygen atoms in total. The minimum Gasteiger partial charge on any atom is -0.349 e. The third-order valence-corrected chi connectivity index (χ3v) is 5.78. The molecule has 1 saturated heterocycles. The van der Waals surface area contributed by atoms with E-state index in [1.54, 1.807) is 0 Å². The van der Waals surface area contributed by atoms with Gasteiger partial charge >= 0.3 is 0 Å². The molecular formula is C23H26N2O2. The maximum atomic E-state index is 12.8. The maximum Gasteiger partial charge on any atom is 0.225 e. The highest BCUT2D eigenvalue weighted by atomic mass is 16.2. The number of aryl methyl sites for hydroxylation is 1. The first-order valence-electron chi connectivity index (χ1n) is 9.90. The van der Waals surface area contributed by atoms with Crippen molar-refractivity contribution in [2.24, 2.45) is 5.92 Å². The Morgan fingerprint density at radius 3 is 2.70 bits per heavy atom. The second kappa shape index (κ2) is 7.95. The lowest BCUT2D eigenvalue weighted by atomic mass is 9.87. The quantitative estimate of drug-likeness (QED) is 0.887. The third kappa shape index (κ3) is 4.05. The lowest BCUT2D eigenvalue weighted by Crippen LogP contribution is -2.37. The van der Waals surface area contributed by atoms with Crippen molar-refractivity contribution in [3.63, 3.8) is 0 Å². The predicted octanol–water partition coefficient (Wildman–Crippen LogP) is 3.27. The molecule has 1 heterocycles. The molecule has 0 spiro atoms. The van der Waals surface area contributed by atoms with Crippen LogP contribution >= 0.6 is 0 Å². The van der Waals surface area contributed by atoms with Crippen LogP contribution in [0.1, 0.15) is 42.0 Å². The van der Waals surface area contributed by atoms with Crippen molar-refractivity contribution in [3.05, 3.63) is 71.3 Å². The molecule has 4 heteroatoms. The number of nitrogens with zero attached hydrogens (tertiary/aromatic N) is 1. The van der Waals surface area contributed by atoms with Crippen LogP contribution in [-0.2, 0) is 22.4 Å². The molecule has 2 aromatic carbocycles. The van der Waals surface area contributed by atoms with Gasteiger partial charge < -0.3 is 10.2 Å². The molecule has 2 atom stereocenters. The number of rotatable bonds is 5. The van der Waals surface area contributed by atoms with E-state index in [0.29, 0.717) is 19.5 Å². The average Bonchev–Trinajstić information content (AvgIpc) is 3.08. The van der Waals surface area contributed by atoms with Gasteiger partial charge in [0.05, 0.1) is 12.0 Å². The van der Waals surface area contributed by atoms with E-state index in [1.807, 2.05) is 29.2 Å². The largest absolute Gasteiger partial charge is 0.349 e. The fourth-order valence-corrected chi connectivity index (χ4v) is 4.27. The van der Waals surface area contributed by atoms with Crippen molar-refractivity contribution < 1.29 is 9.59 Å². The number of carbonyl (C=O) groups excluding carboxylic acids is 2. The van der Waals surface area contributed by atoms with E-state index in [1.165, 1.54) is 16.7 Å². The minimum atomic E-state index is -0.234. The van der Waals surface area contributed by atoms with E-state index >= 15 is 0 Å². The molecule has 140 valence electrons. The lowest BCUT2D eigenvalue weighted by Gasteiger charge is -2.27. The first-order chi connectivity index (χ1) is 13.2. The maximum absolute atomic E-state index is 12.8. The number of benzene rings is 2. The molecule has 2 aliphatic rings. The van der Waals surface area contributed by atoms with Gasteiger partial charge in [-0.05, 0) is 42.4 Å². The van der Waals surface area contributed by atoms with Crippen LogP contribution in [0.4, 0.5) is 0 Å². The van der Waals surface area contributed by atoms with E-state index in [4.69, 9.17) is 0 Å². The van der Waals surface area contributed by atoms with Crippen LogP contribution in [0.15, 0.2) is 54.6 Å². The van der Waals surface area contributed by atoms with E-state index in [9.17, 15) is 9.59 Å². The van der Waals surface area contributed by atoms with Crippen LogP contribution in [0.5, 0.6) is 0 Å². The summed E-state index contributed by atoms with van der Waals surface area (Å²) in [6.45, 7) is 1.21. The zero-order valence-corrected chi connectivity index (χ0v) is 15.6. The normalized spacial score (nSPS) is 21.8. The number of fused-ring (bicyclic) bond motifs is 1. The number of hydrogen-bond donors (Lipinski definition) is 1. The monoisotopic (exact) mass is 362 g/mol. The fourth-order valence-electron chi connectivity index (χ4n) is 4.27. The molecule has 27 heavy (non-hydrogen) atoms. The van der Waals surface area contributed by atoms with Gasteiger partial charge in [-0.2, -0.15) is 0 Å². The number of nitrogens with one attached hydrogen (secondary N) is 1. The Hall–Kier alpha value is -2.62. The van der Waals surface area contributed by atoms with Crippen LogP contribution in [0.3, 0.4) is 0 Å². The Kier molecular flexibility index (Phi) is 5.23. The number of likely N-dealkylation sites (tertiary alicyclic amines) is 1. The standard InChI is InChI=1S/C23H26N2O2/c26-22-15-19(16-25(22)14-13-17-7-2-1-3-8-17)23(27)24-21-12-6-10-18-9-4-5-11-20(18)21/h1-5,7-9,11,19,21H,6,10,12-16H2,(H,24,27)/t19-,21+/m1/s1. The topological polar surface area (TPSA) is 49.4 Å². The zero-order valence-electron chi connectivity index (χ0n) is 15.6. The van der Waals surface area contributed by atoms with Gasteiger partial charge in [-0.15, -0.1) is 0 Å².